The predicted octanol–water partition coefficient (Wildman–Crippen LogP) is 2.76. The van der Waals surface area contributed by atoms with Crippen LogP contribution in [0.5, 0.6) is 0 Å². The van der Waals surface area contributed by atoms with Crippen molar-refractivity contribution < 1.29 is 13.2 Å². The summed E-state index contributed by atoms with van der Waals surface area (Å²) in [4.78, 5) is 13.4. The fourth-order valence-corrected chi connectivity index (χ4v) is 2.48. The molecule has 0 aromatic heterocycles. The maximum atomic E-state index is 12.2. The molecule has 0 heterocycles. The molecule has 1 rings (SSSR count). The Kier molecular flexibility index (Phi) is 6.59. The summed E-state index contributed by atoms with van der Waals surface area (Å²) in [6.45, 7) is 8.97. The lowest BCUT2D eigenvalue weighted by Gasteiger charge is -2.19. The van der Waals surface area contributed by atoms with Crippen molar-refractivity contribution in [1.82, 2.24) is 9.62 Å². The molecule has 22 heavy (non-hydrogen) atoms. The topological polar surface area (TPSA) is 66.5 Å². The number of hydrogen-bond donors (Lipinski definition) is 1. The number of urea groups is 1. The SMILES string of the molecule is C=CCN(CC=C)C(=O)NS(=O)(=O)/C(C)=C/c1ccccc1. The van der Waals surface area contributed by atoms with E-state index in [2.05, 4.69) is 13.2 Å². The summed E-state index contributed by atoms with van der Waals surface area (Å²) in [5, 5.41) is 0. The fraction of sp³-hybridized carbons (Fsp3) is 0.188. The van der Waals surface area contributed by atoms with Gasteiger partial charge in [0.25, 0.3) is 10.0 Å². The molecule has 0 bridgehead atoms. The largest absolute Gasteiger partial charge is 0.331 e. The molecule has 0 fully saturated rings. The summed E-state index contributed by atoms with van der Waals surface area (Å²) >= 11 is 0. The zero-order chi connectivity index (χ0) is 16.6. The Morgan fingerprint density at radius 1 is 1.18 bits per heavy atom. The molecule has 0 aliphatic heterocycles. The van der Waals surface area contributed by atoms with Gasteiger partial charge in [-0.1, -0.05) is 42.5 Å². The summed E-state index contributed by atoms with van der Waals surface area (Å²) in [6.07, 6.45) is 4.53. The highest BCUT2D eigenvalue weighted by Crippen LogP contribution is 2.11. The summed E-state index contributed by atoms with van der Waals surface area (Å²) < 4.78 is 26.4. The van der Waals surface area contributed by atoms with Crippen molar-refractivity contribution in [2.75, 3.05) is 13.1 Å². The highest BCUT2D eigenvalue weighted by molar-refractivity contribution is 7.94. The van der Waals surface area contributed by atoms with Crippen LogP contribution in [-0.4, -0.2) is 32.4 Å². The van der Waals surface area contributed by atoms with Crippen LogP contribution in [-0.2, 0) is 10.0 Å². The smallest absolute Gasteiger partial charge is 0.317 e. The van der Waals surface area contributed by atoms with Crippen molar-refractivity contribution in [2.45, 2.75) is 6.92 Å². The van der Waals surface area contributed by atoms with Crippen LogP contribution < -0.4 is 4.72 Å². The number of benzene rings is 1. The number of nitrogens with one attached hydrogen (secondary N) is 1. The van der Waals surface area contributed by atoms with Gasteiger partial charge in [-0.2, -0.15) is 0 Å². The molecule has 0 atom stereocenters. The van der Waals surface area contributed by atoms with Gasteiger partial charge in [0.05, 0.1) is 4.91 Å². The molecule has 0 saturated heterocycles. The zero-order valence-corrected chi connectivity index (χ0v) is 13.3. The van der Waals surface area contributed by atoms with E-state index in [9.17, 15) is 13.2 Å². The fourth-order valence-electron chi connectivity index (χ4n) is 1.67. The van der Waals surface area contributed by atoms with Crippen LogP contribution in [0.1, 0.15) is 12.5 Å². The number of rotatable bonds is 7. The number of nitrogens with zero attached hydrogens (tertiary/aromatic N) is 1. The Hall–Kier alpha value is -2.34. The van der Waals surface area contributed by atoms with Crippen LogP contribution in [0.4, 0.5) is 4.79 Å². The van der Waals surface area contributed by atoms with E-state index in [1.165, 1.54) is 30.1 Å². The third-order valence-corrected chi connectivity index (χ3v) is 4.21. The van der Waals surface area contributed by atoms with Crippen molar-refractivity contribution in [3.8, 4) is 0 Å². The average Bonchev–Trinajstić information content (AvgIpc) is 2.47. The van der Waals surface area contributed by atoms with Crippen LogP contribution in [0, 0.1) is 0 Å². The molecule has 118 valence electrons. The first kappa shape index (κ1) is 17.7. The second-order valence-corrected chi connectivity index (χ2v) is 6.41. The van der Waals surface area contributed by atoms with E-state index in [4.69, 9.17) is 0 Å². The number of amides is 2. The van der Waals surface area contributed by atoms with Crippen molar-refractivity contribution in [3.05, 3.63) is 66.1 Å². The summed E-state index contributed by atoms with van der Waals surface area (Å²) in [7, 11) is -3.89. The molecule has 5 nitrogen and oxygen atoms in total. The van der Waals surface area contributed by atoms with Gasteiger partial charge in [-0.3, -0.25) is 0 Å². The maximum Gasteiger partial charge on any atom is 0.331 e. The average molecular weight is 320 g/mol. The second-order valence-electron chi connectivity index (χ2n) is 4.56. The number of hydrogen-bond acceptors (Lipinski definition) is 3. The van der Waals surface area contributed by atoms with Crippen molar-refractivity contribution >= 4 is 22.1 Å². The third kappa shape index (κ3) is 5.21. The Bertz CT molecular complexity index is 654. The minimum Gasteiger partial charge on any atom is -0.317 e. The second kappa shape index (κ2) is 8.19. The summed E-state index contributed by atoms with van der Waals surface area (Å²) in [5.41, 5.74) is 0.742. The van der Waals surface area contributed by atoms with Crippen molar-refractivity contribution in [1.29, 1.82) is 0 Å². The monoisotopic (exact) mass is 320 g/mol. The Morgan fingerprint density at radius 3 is 2.23 bits per heavy atom. The highest BCUT2D eigenvalue weighted by Gasteiger charge is 2.20. The van der Waals surface area contributed by atoms with Crippen molar-refractivity contribution in [2.24, 2.45) is 0 Å². The number of allylic oxidation sites excluding steroid dienone is 1. The molecule has 0 saturated carbocycles. The molecule has 0 aliphatic rings. The highest BCUT2D eigenvalue weighted by atomic mass is 32.2. The summed E-state index contributed by atoms with van der Waals surface area (Å²) in [5.74, 6) is 0. The lowest BCUT2D eigenvalue weighted by molar-refractivity contribution is 0.214. The molecule has 0 spiro atoms. The molecule has 0 aliphatic carbocycles. The normalized spacial score (nSPS) is 11.6. The number of carbonyl (C=O) groups is 1. The van der Waals surface area contributed by atoms with E-state index in [1.807, 2.05) is 10.8 Å². The standard InChI is InChI=1S/C16H20N2O3S/c1-4-11-18(12-5-2)16(19)17-22(20,21)14(3)13-15-9-7-6-8-10-15/h4-10,13H,1-2,11-12H2,3H3,(H,17,19)/b14-13+. The van der Waals surface area contributed by atoms with Gasteiger partial charge in [0, 0.05) is 13.1 Å². The van der Waals surface area contributed by atoms with E-state index >= 15 is 0 Å². The van der Waals surface area contributed by atoms with Crippen molar-refractivity contribution in [3.63, 3.8) is 0 Å². The molecule has 0 unspecified atom stereocenters. The van der Waals surface area contributed by atoms with Gasteiger partial charge in [0.2, 0.25) is 0 Å². The number of carbonyl (C=O) groups excluding carboxylic acids is 1. The summed E-state index contributed by atoms with van der Waals surface area (Å²) in [6, 6.07) is 8.30. The van der Waals surface area contributed by atoms with Gasteiger partial charge >= 0.3 is 6.03 Å². The molecule has 1 N–H and O–H groups in total. The van der Waals surface area contributed by atoms with Gasteiger partial charge in [0.1, 0.15) is 0 Å². The van der Waals surface area contributed by atoms with E-state index in [0.717, 1.165) is 5.56 Å². The van der Waals surface area contributed by atoms with Gasteiger partial charge in [-0.15, -0.1) is 13.2 Å². The molecular formula is C16H20N2O3S. The molecule has 1 aromatic rings. The van der Waals surface area contributed by atoms with Crippen LogP contribution in [0.15, 0.2) is 60.5 Å². The van der Waals surface area contributed by atoms with Gasteiger partial charge in [0.15, 0.2) is 0 Å². The Labute approximate surface area is 131 Å². The lowest BCUT2D eigenvalue weighted by atomic mass is 10.2. The molecule has 6 heteroatoms. The van der Waals surface area contributed by atoms with Crippen LogP contribution in [0.25, 0.3) is 6.08 Å². The van der Waals surface area contributed by atoms with Gasteiger partial charge in [-0.25, -0.2) is 17.9 Å². The molecular weight excluding hydrogens is 300 g/mol. The van der Waals surface area contributed by atoms with Gasteiger partial charge < -0.3 is 4.90 Å². The minimum atomic E-state index is -3.89. The number of sulfonamides is 1. The molecule has 2 amide bonds. The first-order valence-corrected chi connectivity index (χ1v) is 8.16. The van der Waals surface area contributed by atoms with E-state index < -0.39 is 16.1 Å². The van der Waals surface area contributed by atoms with Crippen LogP contribution >= 0.6 is 0 Å². The first-order chi connectivity index (χ1) is 10.4. The van der Waals surface area contributed by atoms with E-state index in [1.54, 1.807) is 24.3 Å². The molecule has 0 radical (unpaired) electrons. The third-order valence-electron chi connectivity index (χ3n) is 2.80. The quantitative estimate of drug-likeness (QED) is 0.786. The van der Waals surface area contributed by atoms with Crippen LogP contribution in [0.3, 0.4) is 0 Å². The van der Waals surface area contributed by atoms with E-state index in [-0.39, 0.29) is 18.0 Å². The maximum absolute atomic E-state index is 12.2. The Morgan fingerprint density at radius 2 is 1.73 bits per heavy atom. The Balaban J connectivity index is 2.90. The van der Waals surface area contributed by atoms with E-state index in [0.29, 0.717) is 0 Å². The van der Waals surface area contributed by atoms with Gasteiger partial charge in [-0.05, 0) is 18.6 Å². The lowest BCUT2D eigenvalue weighted by Crippen LogP contribution is -2.43. The van der Waals surface area contributed by atoms with Crippen LogP contribution in [0.2, 0.25) is 0 Å². The first-order valence-electron chi connectivity index (χ1n) is 6.67. The zero-order valence-electron chi connectivity index (χ0n) is 12.5. The molecule has 1 aromatic carbocycles. The predicted molar refractivity (Wildman–Crippen MR) is 89.5 cm³/mol. The minimum absolute atomic E-state index is 0.0595.